The second kappa shape index (κ2) is 8.71. The van der Waals surface area contributed by atoms with Crippen LogP contribution in [0.5, 0.6) is 0 Å². The number of rotatable bonds is 7. The van der Waals surface area contributed by atoms with Crippen molar-refractivity contribution in [1.29, 1.82) is 0 Å². The van der Waals surface area contributed by atoms with Gasteiger partial charge in [0.2, 0.25) is 0 Å². The summed E-state index contributed by atoms with van der Waals surface area (Å²) in [4.78, 5) is 3.06. The molecule has 0 spiro atoms. The number of thioether (sulfide) groups is 1. The van der Waals surface area contributed by atoms with Gasteiger partial charge in [0.05, 0.1) is 26.3 Å². The highest BCUT2D eigenvalue weighted by Gasteiger charge is 2.24. The lowest BCUT2D eigenvalue weighted by Gasteiger charge is -2.31. The lowest BCUT2D eigenvalue weighted by molar-refractivity contribution is -0.912. The van der Waals surface area contributed by atoms with Crippen LogP contribution in [0.2, 0.25) is 0 Å². The Morgan fingerprint density at radius 2 is 1.80 bits per heavy atom. The smallest absolute Gasteiger partial charge is 0.101 e. The zero-order valence-corrected chi connectivity index (χ0v) is 13.6. The average Bonchev–Trinajstić information content (AvgIpc) is 2.43. The molecule has 2 rings (SSSR count). The molecule has 20 heavy (non-hydrogen) atoms. The van der Waals surface area contributed by atoms with Crippen LogP contribution in [0.1, 0.15) is 20.3 Å². The van der Waals surface area contributed by atoms with Crippen molar-refractivity contribution in [3.8, 4) is 0 Å². The predicted molar refractivity (Wildman–Crippen MR) is 86.5 cm³/mol. The zero-order valence-electron chi connectivity index (χ0n) is 12.8. The number of hydrogen-bond donors (Lipinski definition) is 1. The Labute approximate surface area is 127 Å². The summed E-state index contributed by atoms with van der Waals surface area (Å²) < 4.78 is 5.79. The van der Waals surface area contributed by atoms with Crippen molar-refractivity contribution >= 4 is 11.8 Å². The van der Waals surface area contributed by atoms with Gasteiger partial charge >= 0.3 is 0 Å². The maximum Gasteiger partial charge on any atom is 0.101 e. The van der Waals surface area contributed by atoms with Gasteiger partial charge in [-0.1, -0.05) is 32.0 Å². The molecule has 112 valence electrons. The van der Waals surface area contributed by atoms with Crippen molar-refractivity contribution in [3.63, 3.8) is 0 Å². The second-order valence-electron chi connectivity index (χ2n) is 6.13. The van der Waals surface area contributed by atoms with E-state index in [2.05, 4.69) is 44.2 Å². The van der Waals surface area contributed by atoms with Crippen molar-refractivity contribution in [3.05, 3.63) is 30.3 Å². The molecule has 2 atom stereocenters. The molecular weight excluding hydrogens is 266 g/mol. The normalized spacial score (nSPS) is 26.6. The third kappa shape index (κ3) is 5.86. The van der Waals surface area contributed by atoms with Gasteiger partial charge in [0.15, 0.2) is 0 Å². The summed E-state index contributed by atoms with van der Waals surface area (Å²) in [5, 5.41) is 0. The zero-order chi connectivity index (χ0) is 14.2. The van der Waals surface area contributed by atoms with Crippen LogP contribution in [0.4, 0.5) is 0 Å². The highest BCUT2D eigenvalue weighted by atomic mass is 32.2. The van der Waals surface area contributed by atoms with Gasteiger partial charge in [0.1, 0.15) is 6.54 Å². The Hall–Kier alpha value is -0.510. The summed E-state index contributed by atoms with van der Waals surface area (Å²) in [6.07, 6.45) is 1.40. The molecule has 1 saturated heterocycles. The van der Waals surface area contributed by atoms with Gasteiger partial charge in [-0.2, -0.15) is 0 Å². The Bertz CT molecular complexity index is 361. The molecule has 0 bridgehead atoms. The van der Waals surface area contributed by atoms with Crippen LogP contribution < -0.4 is 4.90 Å². The first kappa shape index (κ1) is 15.9. The van der Waals surface area contributed by atoms with E-state index in [0.29, 0.717) is 0 Å². The molecule has 0 amide bonds. The van der Waals surface area contributed by atoms with E-state index in [1.165, 1.54) is 31.0 Å². The van der Waals surface area contributed by atoms with Gasteiger partial charge in [-0.25, -0.2) is 0 Å². The van der Waals surface area contributed by atoms with Gasteiger partial charge in [0, 0.05) is 22.5 Å². The maximum atomic E-state index is 5.79. The van der Waals surface area contributed by atoms with Crippen LogP contribution in [0.25, 0.3) is 0 Å². The summed E-state index contributed by atoms with van der Waals surface area (Å²) >= 11 is 1.88. The van der Waals surface area contributed by atoms with E-state index in [9.17, 15) is 0 Å². The molecule has 1 aromatic rings. The third-order valence-electron chi connectivity index (χ3n) is 3.92. The molecule has 0 radical (unpaired) electrons. The summed E-state index contributed by atoms with van der Waals surface area (Å²) in [5.41, 5.74) is 0. The predicted octanol–water partition coefficient (Wildman–Crippen LogP) is 2.36. The number of quaternary nitrogens is 1. The molecule has 0 aromatic heterocycles. The van der Waals surface area contributed by atoms with E-state index in [-0.39, 0.29) is 0 Å². The van der Waals surface area contributed by atoms with Crippen molar-refractivity contribution in [2.45, 2.75) is 25.2 Å². The minimum atomic E-state index is 0.859. The molecule has 0 saturated carbocycles. The average molecular weight is 294 g/mol. The first-order valence-electron chi connectivity index (χ1n) is 7.83. The fourth-order valence-electron chi connectivity index (χ4n) is 3.18. The first-order valence-corrected chi connectivity index (χ1v) is 8.81. The molecule has 1 aliphatic rings. The second-order valence-corrected chi connectivity index (χ2v) is 7.30. The monoisotopic (exact) mass is 294 g/mol. The minimum Gasteiger partial charge on any atom is -0.375 e. The molecular formula is C17H28NOS+. The molecule has 0 unspecified atom stereocenters. The number of benzene rings is 1. The molecule has 2 nitrogen and oxygen atoms in total. The lowest BCUT2D eigenvalue weighted by Crippen LogP contribution is -3.14. The Morgan fingerprint density at radius 1 is 1.10 bits per heavy atom. The molecule has 1 heterocycles. The standard InChI is InChI=1S/C17H27NOS/c1-15-12-16(2)14-18(13-15)8-9-19-10-11-20-17-6-4-3-5-7-17/h3-7,15-16H,8-14H2,1-2H3/p+1/t15-,16-/m1/s1. The quantitative estimate of drug-likeness (QED) is 0.613. The number of nitrogens with one attached hydrogen (secondary N) is 1. The van der Waals surface area contributed by atoms with Gasteiger partial charge in [-0.15, -0.1) is 11.8 Å². The Kier molecular flexibility index (Phi) is 6.91. The first-order chi connectivity index (χ1) is 9.74. The van der Waals surface area contributed by atoms with Gasteiger partial charge < -0.3 is 9.64 Å². The summed E-state index contributed by atoms with van der Waals surface area (Å²) in [6, 6.07) is 10.6. The maximum absolute atomic E-state index is 5.79. The molecule has 3 heteroatoms. The van der Waals surface area contributed by atoms with Gasteiger partial charge in [0.25, 0.3) is 0 Å². The Morgan fingerprint density at radius 3 is 2.50 bits per heavy atom. The third-order valence-corrected chi connectivity index (χ3v) is 4.89. The van der Waals surface area contributed by atoms with Crippen molar-refractivity contribution < 1.29 is 9.64 Å². The highest BCUT2D eigenvalue weighted by Crippen LogP contribution is 2.16. The van der Waals surface area contributed by atoms with Gasteiger partial charge in [-0.3, -0.25) is 0 Å². The molecule has 1 N–H and O–H groups in total. The summed E-state index contributed by atoms with van der Waals surface area (Å²) in [6.45, 7) is 10.4. The molecule has 0 aliphatic carbocycles. The van der Waals surface area contributed by atoms with Crippen LogP contribution >= 0.6 is 11.8 Å². The van der Waals surface area contributed by atoms with E-state index in [0.717, 1.165) is 30.8 Å². The van der Waals surface area contributed by atoms with Crippen LogP contribution in [0.3, 0.4) is 0 Å². The van der Waals surface area contributed by atoms with Gasteiger partial charge in [-0.05, 0) is 18.6 Å². The summed E-state index contributed by atoms with van der Waals surface area (Å²) in [7, 11) is 0. The van der Waals surface area contributed by atoms with E-state index in [1.807, 2.05) is 11.8 Å². The minimum absolute atomic E-state index is 0.859. The SMILES string of the molecule is C[C@@H]1C[C@@H](C)C[NH+](CCOCCSc2ccccc2)C1. The van der Waals surface area contributed by atoms with Crippen molar-refractivity contribution in [1.82, 2.24) is 0 Å². The molecule has 1 fully saturated rings. The van der Waals surface area contributed by atoms with E-state index in [4.69, 9.17) is 4.74 Å². The van der Waals surface area contributed by atoms with E-state index in [1.54, 1.807) is 4.90 Å². The fourth-order valence-corrected chi connectivity index (χ4v) is 3.97. The van der Waals surface area contributed by atoms with Crippen LogP contribution in [-0.2, 0) is 4.74 Å². The number of hydrogen-bond acceptors (Lipinski definition) is 2. The fraction of sp³-hybridized carbons (Fsp3) is 0.647. The van der Waals surface area contributed by atoms with Crippen molar-refractivity contribution in [2.75, 3.05) is 38.6 Å². The highest BCUT2D eigenvalue weighted by molar-refractivity contribution is 7.99. The van der Waals surface area contributed by atoms with Crippen LogP contribution in [0.15, 0.2) is 35.2 Å². The van der Waals surface area contributed by atoms with Crippen LogP contribution in [0, 0.1) is 11.8 Å². The lowest BCUT2D eigenvalue weighted by atomic mass is 9.92. The number of piperidine rings is 1. The number of ether oxygens (including phenoxy) is 1. The van der Waals surface area contributed by atoms with Crippen LogP contribution in [-0.4, -0.2) is 38.6 Å². The molecule has 1 aliphatic heterocycles. The largest absolute Gasteiger partial charge is 0.375 e. The summed E-state index contributed by atoms with van der Waals surface area (Å²) in [5.74, 6) is 2.80. The topological polar surface area (TPSA) is 13.7 Å². The van der Waals surface area contributed by atoms with Crippen molar-refractivity contribution in [2.24, 2.45) is 11.8 Å². The Balaban J connectivity index is 1.51. The van der Waals surface area contributed by atoms with E-state index >= 15 is 0 Å². The molecule has 1 aromatic carbocycles. The van der Waals surface area contributed by atoms with E-state index < -0.39 is 0 Å². The number of likely N-dealkylation sites (tertiary alicyclic amines) is 1.